The third-order valence-electron chi connectivity index (χ3n) is 2.70. The van der Waals surface area contributed by atoms with Gasteiger partial charge in [0.15, 0.2) is 9.84 Å². The summed E-state index contributed by atoms with van der Waals surface area (Å²) in [4.78, 5) is 11.6. The molecule has 0 spiro atoms. The number of nitrogens with one attached hydrogen (secondary N) is 1. The maximum Gasteiger partial charge on any atom is 0.235 e. The average Bonchev–Trinajstić information content (AvgIpc) is 2.37. The maximum atomic E-state index is 11.9. The lowest BCUT2D eigenvalue weighted by Gasteiger charge is -2.10. The minimum absolute atomic E-state index is 0.133. The minimum atomic E-state index is -3.46. The van der Waals surface area contributed by atoms with Crippen LogP contribution in [-0.4, -0.2) is 33.2 Å². The number of rotatable bonds is 7. The molecule has 0 saturated heterocycles. The Balaban J connectivity index is 2.52. The van der Waals surface area contributed by atoms with Gasteiger partial charge in [-0.2, -0.15) is 0 Å². The second-order valence-corrected chi connectivity index (χ2v) is 7.78. The quantitative estimate of drug-likeness (QED) is 0.759. The molecule has 1 atom stereocenters. The Morgan fingerprint density at radius 3 is 2.50 bits per heavy atom. The Labute approximate surface area is 128 Å². The number of hydrogen-bond acceptors (Lipinski definition) is 4. The highest BCUT2D eigenvalue weighted by Gasteiger charge is 2.17. The molecule has 0 bridgehead atoms. The van der Waals surface area contributed by atoms with Crippen molar-refractivity contribution in [3.63, 3.8) is 0 Å². The Hall–Kier alpha value is -0.920. The molecule has 20 heavy (non-hydrogen) atoms. The summed E-state index contributed by atoms with van der Waals surface area (Å²) in [6.45, 7) is 2.73. The number of halogens is 1. The van der Waals surface area contributed by atoms with Crippen molar-refractivity contribution in [3.8, 4) is 0 Å². The van der Waals surface area contributed by atoms with E-state index in [-0.39, 0.29) is 11.7 Å². The maximum absolute atomic E-state index is 11.9. The summed E-state index contributed by atoms with van der Waals surface area (Å²) in [6, 6.07) is 6.98. The van der Waals surface area contributed by atoms with Crippen LogP contribution < -0.4 is 11.1 Å². The van der Waals surface area contributed by atoms with Crippen LogP contribution in [0.2, 0.25) is 0 Å². The highest BCUT2D eigenvalue weighted by atomic mass is 79.9. The third-order valence-corrected chi connectivity index (χ3v) is 4.70. The minimum Gasteiger partial charge on any atom is -0.355 e. The van der Waals surface area contributed by atoms with E-state index in [9.17, 15) is 13.2 Å². The zero-order valence-corrected chi connectivity index (χ0v) is 13.7. The van der Waals surface area contributed by atoms with Gasteiger partial charge in [0.2, 0.25) is 5.91 Å². The van der Waals surface area contributed by atoms with E-state index >= 15 is 0 Å². The number of hydrogen-bond donors (Lipinski definition) is 2. The van der Waals surface area contributed by atoms with Crippen LogP contribution in [0.25, 0.3) is 0 Å². The molecule has 1 rings (SSSR count). The molecule has 0 saturated carbocycles. The molecule has 0 aromatic heterocycles. The summed E-state index contributed by atoms with van der Waals surface area (Å²) in [5.41, 5.74) is 6.09. The first kappa shape index (κ1) is 17.1. The molecule has 1 aromatic carbocycles. The number of sulfone groups is 1. The monoisotopic (exact) mass is 362 g/mol. The van der Waals surface area contributed by atoms with Crippen LogP contribution in [0.1, 0.15) is 12.5 Å². The number of amides is 1. The average molecular weight is 363 g/mol. The van der Waals surface area contributed by atoms with Gasteiger partial charge in [-0.15, -0.1) is 0 Å². The van der Waals surface area contributed by atoms with E-state index in [1.807, 2.05) is 6.92 Å². The second kappa shape index (κ2) is 7.75. The van der Waals surface area contributed by atoms with E-state index in [0.29, 0.717) is 18.7 Å². The molecule has 1 amide bonds. The molecule has 5 nitrogen and oxygen atoms in total. The van der Waals surface area contributed by atoms with E-state index in [2.05, 4.69) is 21.2 Å². The molecule has 3 N–H and O–H groups in total. The summed E-state index contributed by atoms with van der Waals surface area (Å²) in [7, 11) is -3.46. The second-order valence-electron chi connectivity index (χ2n) is 4.80. The molecule has 1 unspecified atom stereocenters. The van der Waals surface area contributed by atoms with Crippen LogP contribution in [0, 0.1) is 5.92 Å². The normalized spacial score (nSPS) is 12.9. The van der Waals surface area contributed by atoms with E-state index in [0.717, 1.165) is 4.47 Å². The fourth-order valence-electron chi connectivity index (χ4n) is 1.51. The molecular weight excluding hydrogens is 344 g/mol. The highest BCUT2D eigenvalue weighted by molar-refractivity contribution is 9.10. The molecule has 0 fully saturated rings. The molecule has 0 aliphatic rings. The third kappa shape index (κ3) is 6.49. The van der Waals surface area contributed by atoms with E-state index in [4.69, 9.17) is 5.73 Å². The van der Waals surface area contributed by atoms with Crippen LogP contribution in [0.4, 0.5) is 0 Å². The largest absolute Gasteiger partial charge is 0.355 e. The van der Waals surface area contributed by atoms with Crippen molar-refractivity contribution >= 4 is 31.7 Å². The summed E-state index contributed by atoms with van der Waals surface area (Å²) in [5, 5.41) is 2.58. The predicted molar refractivity (Wildman–Crippen MR) is 82.9 cm³/mol. The van der Waals surface area contributed by atoms with Gasteiger partial charge in [0.25, 0.3) is 0 Å². The van der Waals surface area contributed by atoms with Gasteiger partial charge in [-0.1, -0.05) is 35.0 Å². The van der Waals surface area contributed by atoms with Crippen LogP contribution in [0.3, 0.4) is 0 Å². The van der Waals surface area contributed by atoms with Crippen molar-refractivity contribution in [2.24, 2.45) is 11.7 Å². The van der Waals surface area contributed by atoms with Crippen LogP contribution >= 0.6 is 15.9 Å². The lowest BCUT2D eigenvalue weighted by Crippen LogP contribution is -2.35. The first-order chi connectivity index (χ1) is 9.32. The van der Waals surface area contributed by atoms with Gasteiger partial charge in [-0.25, -0.2) is 8.42 Å². The number of carbonyl (C=O) groups excluding carboxylic acids is 1. The molecule has 112 valence electrons. The van der Waals surface area contributed by atoms with Crippen molar-refractivity contribution in [2.75, 3.05) is 18.8 Å². The highest BCUT2D eigenvalue weighted by Crippen LogP contribution is 2.13. The summed E-state index contributed by atoms with van der Waals surface area (Å²) in [5.74, 6) is -0.990. The van der Waals surface area contributed by atoms with Gasteiger partial charge >= 0.3 is 0 Å². The molecule has 0 heterocycles. The summed E-state index contributed by atoms with van der Waals surface area (Å²) >= 11 is 3.28. The molecule has 0 radical (unpaired) electrons. The summed E-state index contributed by atoms with van der Waals surface area (Å²) in [6.07, 6.45) is 0. The van der Waals surface area contributed by atoms with Crippen LogP contribution in [-0.2, 0) is 20.4 Å². The van der Waals surface area contributed by atoms with E-state index in [1.54, 1.807) is 24.3 Å². The molecule has 7 heteroatoms. The Bertz CT molecular complexity index is 543. The first-order valence-electron chi connectivity index (χ1n) is 6.24. The Kier molecular flexibility index (Phi) is 6.64. The number of benzene rings is 1. The van der Waals surface area contributed by atoms with E-state index < -0.39 is 21.5 Å². The van der Waals surface area contributed by atoms with Gasteiger partial charge in [0.05, 0.1) is 5.75 Å². The Morgan fingerprint density at radius 2 is 1.95 bits per heavy atom. The smallest absolute Gasteiger partial charge is 0.235 e. The van der Waals surface area contributed by atoms with Crippen LogP contribution in [0.5, 0.6) is 0 Å². The molecule has 1 aromatic rings. The fourth-order valence-corrected chi connectivity index (χ4v) is 3.08. The van der Waals surface area contributed by atoms with Crippen molar-refractivity contribution < 1.29 is 13.2 Å². The van der Waals surface area contributed by atoms with Crippen LogP contribution in [0.15, 0.2) is 28.7 Å². The number of nitrogens with two attached hydrogens (primary N) is 1. The zero-order valence-electron chi connectivity index (χ0n) is 11.3. The standard InChI is InChI=1S/C13H19BrN2O3S/c1-10(6-15)7-16-13(17)9-20(18,19)8-11-2-4-12(14)5-3-11/h2-5,10H,6-9,15H2,1H3,(H,16,17). The molecule has 0 aliphatic heterocycles. The molecular formula is C13H19BrN2O3S. The van der Waals surface area contributed by atoms with Crippen molar-refractivity contribution in [2.45, 2.75) is 12.7 Å². The Morgan fingerprint density at radius 1 is 1.35 bits per heavy atom. The lowest BCUT2D eigenvalue weighted by atomic mass is 10.2. The predicted octanol–water partition coefficient (Wildman–Crippen LogP) is 1.07. The van der Waals surface area contributed by atoms with Crippen molar-refractivity contribution in [1.29, 1.82) is 0 Å². The topological polar surface area (TPSA) is 89.3 Å². The first-order valence-corrected chi connectivity index (χ1v) is 8.85. The number of carbonyl (C=O) groups is 1. The van der Waals surface area contributed by atoms with E-state index in [1.165, 1.54) is 0 Å². The van der Waals surface area contributed by atoms with Gasteiger partial charge < -0.3 is 11.1 Å². The van der Waals surface area contributed by atoms with Gasteiger partial charge in [0.1, 0.15) is 5.75 Å². The van der Waals surface area contributed by atoms with Crippen molar-refractivity contribution in [3.05, 3.63) is 34.3 Å². The van der Waals surface area contributed by atoms with Crippen molar-refractivity contribution in [1.82, 2.24) is 5.32 Å². The van der Waals surface area contributed by atoms with Gasteiger partial charge in [0, 0.05) is 11.0 Å². The summed E-state index contributed by atoms with van der Waals surface area (Å²) < 4.78 is 24.7. The zero-order chi connectivity index (χ0) is 15.2. The lowest BCUT2D eigenvalue weighted by molar-refractivity contribution is -0.118. The fraction of sp³-hybridized carbons (Fsp3) is 0.462. The van der Waals surface area contributed by atoms with Gasteiger partial charge in [-0.05, 0) is 30.2 Å². The molecule has 0 aliphatic carbocycles. The van der Waals surface area contributed by atoms with Gasteiger partial charge in [-0.3, -0.25) is 4.79 Å². The SMILES string of the molecule is CC(CN)CNC(=O)CS(=O)(=O)Cc1ccc(Br)cc1.